The number of para-hydroxylation sites is 2. The van der Waals surface area contributed by atoms with E-state index in [4.69, 9.17) is 9.15 Å². The Morgan fingerprint density at radius 1 is 1.20 bits per heavy atom. The molecule has 1 atom stereocenters. The van der Waals surface area contributed by atoms with Gasteiger partial charge in [-0.3, -0.25) is 14.9 Å². The summed E-state index contributed by atoms with van der Waals surface area (Å²) in [7, 11) is 0. The van der Waals surface area contributed by atoms with Gasteiger partial charge in [0.1, 0.15) is 22.8 Å². The second kappa shape index (κ2) is 7.16. The Morgan fingerprint density at radius 2 is 1.84 bits per heavy atom. The van der Waals surface area contributed by atoms with E-state index in [1.165, 1.54) is 25.1 Å². The van der Waals surface area contributed by atoms with Gasteiger partial charge in [-0.1, -0.05) is 12.1 Å². The van der Waals surface area contributed by atoms with Gasteiger partial charge >= 0.3 is 5.97 Å². The van der Waals surface area contributed by atoms with Crippen molar-refractivity contribution in [2.75, 3.05) is 5.32 Å². The monoisotopic (exact) mass is 346 g/mol. The van der Waals surface area contributed by atoms with E-state index in [1.54, 1.807) is 26.8 Å². The number of nitrogens with one attached hydrogen (secondary N) is 1. The number of esters is 1. The number of amides is 1. The predicted molar refractivity (Wildman–Crippen MR) is 89.5 cm³/mol. The van der Waals surface area contributed by atoms with E-state index >= 15 is 0 Å². The van der Waals surface area contributed by atoms with Gasteiger partial charge in [-0.2, -0.15) is 0 Å². The van der Waals surface area contributed by atoms with Crippen LogP contribution in [0.3, 0.4) is 0 Å². The van der Waals surface area contributed by atoms with Crippen LogP contribution in [0, 0.1) is 30.9 Å². The van der Waals surface area contributed by atoms with Crippen LogP contribution < -0.4 is 5.32 Å². The molecule has 1 aromatic heterocycles. The predicted octanol–water partition coefficient (Wildman–Crippen LogP) is 3.30. The summed E-state index contributed by atoms with van der Waals surface area (Å²) in [6, 6.07) is 5.72. The molecule has 0 fully saturated rings. The zero-order chi connectivity index (χ0) is 18.7. The first-order valence-electron chi connectivity index (χ1n) is 7.54. The van der Waals surface area contributed by atoms with Crippen LogP contribution in [0.15, 0.2) is 28.7 Å². The molecule has 0 saturated heterocycles. The SMILES string of the molecule is Cc1oc(C)c(C(=O)O[C@@H](C)C(=O)Nc2ccccc2[N+](=O)[O-])c1C. The first-order valence-corrected chi connectivity index (χ1v) is 7.54. The Bertz CT molecular complexity index is 840. The highest BCUT2D eigenvalue weighted by atomic mass is 16.6. The Labute approximate surface area is 143 Å². The molecule has 1 amide bonds. The second-order valence-corrected chi connectivity index (χ2v) is 5.53. The van der Waals surface area contributed by atoms with Crippen LogP contribution in [0.5, 0.6) is 0 Å². The van der Waals surface area contributed by atoms with Crippen LogP contribution in [0.25, 0.3) is 0 Å². The summed E-state index contributed by atoms with van der Waals surface area (Å²) < 4.78 is 10.5. The van der Waals surface area contributed by atoms with Gasteiger partial charge in [-0.15, -0.1) is 0 Å². The van der Waals surface area contributed by atoms with Crippen molar-refractivity contribution < 1.29 is 23.7 Å². The lowest BCUT2D eigenvalue weighted by molar-refractivity contribution is -0.383. The van der Waals surface area contributed by atoms with Crippen molar-refractivity contribution in [2.45, 2.75) is 33.8 Å². The fourth-order valence-corrected chi connectivity index (χ4v) is 2.34. The average Bonchev–Trinajstić information content (AvgIpc) is 2.80. The molecule has 0 saturated carbocycles. The number of nitrogens with zero attached hydrogens (tertiary/aromatic N) is 1. The molecule has 0 radical (unpaired) electrons. The van der Waals surface area contributed by atoms with Crippen molar-refractivity contribution in [3.8, 4) is 0 Å². The minimum atomic E-state index is -1.14. The summed E-state index contributed by atoms with van der Waals surface area (Å²) in [5.41, 5.74) is 0.718. The first kappa shape index (κ1) is 18.2. The molecule has 2 aromatic rings. The largest absolute Gasteiger partial charge is 0.465 e. The molecule has 1 heterocycles. The van der Waals surface area contributed by atoms with E-state index < -0.39 is 22.9 Å². The van der Waals surface area contributed by atoms with Crippen LogP contribution in [-0.4, -0.2) is 22.9 Å². The topological polar surface area (TPSA) is 112 Å². The zero-order valence-electron chi connectivity index (χ0n) is 14.3. The molecule has 8 nitrogen and oxygen atoms in total. The Hall–Kier alpha value is -3.16. The van der Waals surface area contributed by atoms with Gasteiger partial charge in [0.2, 0.25) is 0 Å². The standard InChI is InChI=1S/C17H18N2O6/c1-9-10(2)24-11(3)15(9)17(21)25-12(4)16(20)18-13-7-5-6-8-14(13)19(22)23/h5-8,12H,1-4H3,(H,18,20)/t12-/m0/s1. The van der Waals surface area contributed by atoms with Gasteiger partial charge in [-0.05, 0) is 33.8 Å². The van der Waals surface area contributed by atoms with E-state index in [9.17, 15) is 19.7 Å². The lowest BCUT2D eigenvalue weighted by Crippen LogP contribution is -2.30. The maximum atomic E-state index is 12.3. The highest BCUT2D eigenvalue weighted by Gasteiger charge is 2.25. The van der Waals surface area contributed by atoms with Crippen LogP contribution >= 0.6 is 0 Å². The molecule has 132 valence electrons. The Kier molecular flexibility index (Phi) is 5.21. The number of hydrogen-bond acceptors (Lipinski definition) is 6. The van der Waals surface area contributed by atoms with Crippen molar-refractivity contribution in [2.24, 2.45) is 0 Å². The average molecular weight is 346 g/mol. The van der Waals surface area contributed by atoms with Gasteiger partial charge in [0.25, 0.3) is 11.6 Å². The number of ether oxygens (including phenoxy) is 1. The van der Waals surface area contributed by atoms with Crippen molar-refractivity contribution in [3.05, 3.63) is 57.0 Å². The zero-order valence-corrected chi connectivity index (χ0v) is 14.3. The van der Waals surface area contributed by atoms with Gasteiger partial charge in [0.15, 0.2) is 6.10 Å². The third kappa shape index (κ3) is 3.85. The number of nitro groups is 1. The molecule has 0 spiro atoms. The smallest absolute Gasteiger partial charge is 0.342 e. The normalized spacial score (nSPS) is 11.7. The number of carbonyl (C=O) groups is 2. The van der Waals surface area contributed by atoms with E-state index in [0.29, 0.717) is 17.1 Å². The minimum absolute atomic E-state index is 0.0342. The summed E-state index contributed by atoms with van der Waals surface area (Å²) in [5, 5.41) is 13.4. The second-order valence-electron chi connectivity index (χ2n) is 5.53. The molecule has 0 aliphatic heterocycles. The van der Waals surface area contributed by atoms with Crippen LogP contribution in [-0.2, 0) is 9.53 Å². The molecule has 1 aromatic carbocycles. The molecule has 0 unspecified atom stereocenters. The van der Waals surface area contributed by atoms with Crippen LogP contribution in [0.4, 0.5) is 11.4 Å². The fraction of sp³-hybridized carbons (Fsp3) is 0.294. The summed E-state index contributed by atoms with van der Waals surface area (Å²) in [6.07, 6.45) is -1.14. The number of furan rings is 1. The molecule has 0 aliphatic carbocycles. The lowest BCUT2D eigenvalue weighted by atomic mass is 10.1. The molecular formula is C17H18N2O6. The van der Waals surface area contributed by atoms with E-state index in [1.807, 2.05) is 0 Å². The molecular weight excluding hydrogens is 328 g/mol. The van der Waals surface area contributed by atoms with Crippen molar-refractivity contribution in [1.29, 1.82) is 0 Å². The number of rotatable bonds is 5. The highest BCUT2D eigenvalue weighted by Crippen LogP contribution is 2.24. The van der Waals surface area contributed by atoms with Crippen molar-refractivity contribution in [1.82, 2.24) is 0 Å². The van der Waals surface area contributed by atoms with Crippen LogP contribution in [0.2, 0.25) is 0 Å². The van der Waals surface area contributed by atoms with E-state index in [-0.39, 0.29) is 16.9 Å². The number of benzene rings is 1. The molecule has 0 aliphatic rings. The quantitative estimate of drug-likeness (QED) is 0.505. The Morgan fingerprint density at radius 3 is 2.40 bits per heavy atom. The third-order valence-corrected chi connectivity index (χ3v) is 3.78. The van der Waals surface area contributed by atoms with Crippen molar-refractivity contribution in [3.63, 3.8) is 0 Å². The Balaban J connectivity index is 2.11. The maximum absolute atomic E-state index is 12.3. The summed E-state index contributed by atoms with van der Waals surface area (Å²) in [5.74, 6) is -0.344. The van der Waals surface area contributed by atoms with Gasteiger partial charge in [0.05, 0.1) is 4.92 Å². The van der Waals surface area contributed by atoms with Crippen LogP contribution in [0.1, 0.15) is 34.4 Å². The number of carbonyl (C=O) groups excluding carboxylic acids is 2. The summed E-state index contributed by atoms with van der Waals surface area (Å²) in [6.45, 7) is 6.47. The molecule has 1 N–H and O–H groups in total. The number of aryl methyl sites for hydroxylation is 2. The van der Waals surface area contributed by atoms with E-state index in [0.717, 1.165) is 0 Å². The highest BCUT2D eigenvalue weighted by molar-refractivity contribution is 5.99. The maximum Gasteiger partial charge on any atom is 0.342 e. The van der Waals surface area contributed by atoms with E-state index in [2.05, 4.69) is 5.32 Å². The van der Waals surface area contributed by atoms with Crippen molar-refractivity contribution >= 4 is 23.3 Å². The van der Waals surface area contributed by atoms with Gasteiger partial charge in [0, 0.05) is 11.6 Å². The van der Waals surface area contributed by atoms with Gasteiger partial charge < -0.3 is 14.5 Å². The summed E-state index contributed by atoms with van der Waals surface area (Å²) >= 11 is 0. The summed E-state index contributed by atoms with van der Waals surface area (Å²) in [4.78, 5) is 34.8. The number of nitro benzene ring substituents is 1. The lowest BCUT2D eigenvalue weighted by Gasteiger charge is -2.13. The first-order chi connectivity index (χ1) is 11.7. The molecule has 0 bridgehead atoms. The fourth-order valence-electron chi connectivity index (χ4n) is 2.34. The third-order valence-electron chi connectivity index (χ3n) is 3.78. The molecule has 25 heavy (non-hydrogen) atoms. The molecule has 8 heteroatoms. The van der Waals surface area contributed by atoms with Gasteiger partial charge in [-0.25, -0.2) is 4.79 Å². The molecule has 2 rings (SSSR count). The number of hydrogen-bond donors (Lipinski definition) is 1. The number of anilines is 1. The minimum Gasteiger partial charge on any atom is -0.465 e.